The average Bonchev–Trinajstić information content (AvgIpc) is 2.91. The number of hydrogen-bond donors (Lipinski definition) is 1. The third kappa shape index (κ3) is 5.24. The van der Waals surface area contributed by atoms with Crippen LogP contribution < -0.4 is 5.32 Å². The highest BCUT2D eigenvalue weighted by Gasteiger charge is 2.34. The molecule has 0 saturated carbocycles. The first-order valence-electron chi connectivity index (χ1n) is 9.06. The van der Waals surface area contributed by atoms with E-state index in [4.69, 9.17) is 11.6 Å². The Morgan fingerprint density at radius 2 is 1.45 bits per heavy atom. The summed E-state index contributed by atoms with van der Waals surface area (Å²) in [5, 5.41) is 3.35. The van der Waals surface area contributed by atoms with Crippen LogP contribution in [0.3, 0.4) is 0 Å². The van der Waals surface area contributed by atoms with Gasteiger partial charge in [-0.2, -0.15) is 26.3 Å². The fraction of sp³-hybridized carbons (Fsp3) is 0.400. The van der Waals surface area contributed by atoms with Crippen LogP contribution in [0.15, 0.2) is 42.5 Å². The zero-order valence-corrected chi connectivity index (χ0v) is 16.0. The van der Waals surface area contributed by atoms with Crippen LogP contribution >= 0.6 is 11.6 Å². The molecule has 1 unspecified atom stereocenters. The summed E-state index contributed by atoms with van der Waals surface area (Å²) in [6, 6.07) is 6.90. The van der Waals surface area contributed by atoms with Crippen molar-refractivity contribution >= 4 is 11.6 Å². The van der Waals surface area contributed by atoms with E-state index >= 15 is 0 Å². The number of alkyl halides is 6. The first kappa shape index (κ1) is 21.9. The van der Waals surface area contributed by atoms with Crippen LogP contribution in [0, 0.1) is 0 Å². The summed E-state index contributed by atoms with van der Waals surface area (Å²) in [6.45, 7) is 2.48. The van der Waals surface area contributed by atoms with Crippen molar-refractivity contribution in [3.05, 3.63) is 69.7 Å². The highest BCUT2D eigenvalue weighted by Crippen LogP contribution is 2.39. The molecule has 0 radical (unpaired) electrons. The smallest absolute Gasteiger partial charge is 0.315 e. The molecule has 29 heavy (non-hydrogen) atoms. The van der Waals surface area contributed by atoms with E-state index in [1.54, 1.807) is 0 Å². The Balaban J connectivity index is 2.09. The lowest BCUT2D eigenvalue weighted by molar-refractivity contribution is -0.138. The van der Waals surface area contributed by atoms with Crippen molar-refractivity contribution in [3.8, 4) is 0 Å². The Kier molecular flexibility index (Phi) is 6.45. The molecule has 1 heterocycles. The van der Waals surface area contributed by atoms with Gasteiger partial charge in [0.05, 0.1) is 17.2 Å². The molecule has 3 rings (SSSR count). The summed E-state index contributed by atoms with van der Waals surface area (Å²) in [6.07, 6.45) is -8.29. The van der Waals surface area contributed by atoms with Crippen LogP contribution in [-0.4, -0.2) is 31.1 Å². The maximum Gasteiger partial charge on any atom is 0.416 e. The molecule has 0 amide bonds. The molecule has 2 nitrogen and oxygen atoms in total. The van der Waals surface area contributed by atoms with E-state index in [1.807, 2.05) is 4.90 Å². The number of hydrogen-bond acceptors (Lipinski definition) is 2. The summed E-state index contributed by atoms with van der Waals surface area (Å²) in [7, 11) is 0. The number of benzene rings is 2. The summed E-state index contributed by atoms with van der Waals surface area (Å²) in [4.78, 5) is 1.95. The van der Waals surface area contributed by atoms with Gasteiger partial charge in [0.15, 0.2) is 0 Å². The Hall–Kier alpha value is -1.77. The van der Waals surface area contributed by atoms with Gasteiger partial charge in [-0.3, -0.25) is 4.90 Å². The highest BCUT2D eigenvalue weighted by molar-refractivity contribution is 6.31. The minimum Gasteiger partial charge on any atom is -0.315 e. The second-order valence-electron chi connectivity index (χ2n) is 6.90. The second-order valence-corrected chi connectivity index (χ2v) is 7.30. The van der Waals surface area contributed by atoms with Crippen molar-refractivity contribution in [1.82, 2.24) is 10.2 Å². The zero-order valence-electron chi connectivity index (χ0n) is 15.2. The lowest BCUT2D eigenvalue weighted by Crippen LogP contribution is -2.33. The van der Waals surface area contributed by atoms with Gasteiger partial charge in [0.2, 0.25) is 0 Å². The van der Waals surface area contributed by atoms with Crippen LogP contribution in [-0.2, 0) is 12.4 Å². The van der Waals surface area contributed by atoms with Gasteiger partial charge < -0.3 is 5.32 Å². The maximum absolute atomic E-state index is 13.3. The quantitative estimate of drug-likeness (QED) is 0.615. The van der Waals surface area contributed by atoms with E-state index in [1.165, 1.54) is 18.2 Å². The molecule has 158 valence electrons. The fourth-order valence-corrected chi connectivity index (χ4v) is 3.72. The predicted octanol–water partition coefficient (Wildman–Crippen LogP) is 5.76. The van der Waals surface area contributed by atoms with Gasteiger partial charge in [0, 0.05) is 24.7 Å². The van der Waals surface area contributed by atoms with Crippen molar-refractivity contribution in [3.63, 3.8) is 0 Å². The molecule has 1 fully saturated rings. The summed E-state index contributed by atoms with van der Waals surface area (Å²) in [5.41, 5.74) is -0.973. The van der Waals surface area contributed by atoms with Crippen molar-refractivity contribution in [2.75, 3.05) is 26.2 Å². The molecule has 2 aromatic rings. The number of halogens is 7. The Bertz CT molecular complexity index is 824. The monoisotopic (exact) mass is 436 g/mol. The second kappa shape index (κ2) is 8.53. The van der Waals surface area contributed by atoms with Gasteiger partial charge in [0.1, 0.15) is 0 Å². The van der Waals surface area contributed by atoms with Crippen molar-refractivity contribution in [2.45, 2.75) is 24.8 Å². The minimum absolute atomic E-state index is 0.139. The Morgan fingerprint density at radius 1 is 0.828 bits per heavy atom. The topological polar surface area (TPSA) is 15.3 Å². The number of nitrogens with zero attached hydrogens (tertiary/aromatic N) is 1. The summed E-state index contributed by atoms with van der Waals surface area (Å²) >= 11 is 6.27. The molecule has 1 saturated heterocycles. The molecule has 1 atom stereocenters. The molecule has 1 aliphatic heterocycles. The molecule has 0 bridgehead atoms. The van der Waals surface area contributed by atoms with Crippen molar-refractivity contribution < 1.29 is 26.3 Å². The van der Waals surface area contributed by atoms with E-state index in [9.17, 15) is 26.3 Å². The van der Waals surface area contributed by atoms with Crippen LogP contribution in [0.25, 0.3) is 0 Å². The fourth-order valence-electron chi connectivity index (χ4n) is 3.50. The number of rotatable bonds is 3. The van der Waals surface area contributed by atoms with E-state index in [0.29, 0.717) is 25.2 Å². The summed E-state index contributed by atoms with van der Waals surface area (Å²) < 4.78 is 78.6. The van der Waals surface area contributed by atoms with Crippen molar-refractivity contribution in [2.24, 2.45) is 0 Å². The Labute approximate surface area is 169 Å². The molecule has 0 spiro atoms. The molecule has 0 aliphatic carbocycles. The SMILES string of the molecule is FC(F)(F)c1ccc(C(c2cc(C(F)(F)F)ccc2Cl)N2CCCNCC2)cc1. The van der Waals surface area contributed by atoms with Gasteiger partial charge in [-0.15, -0.1) is 0 Å². The predicted molar refractivity (Wildman–Crippen MR) is 98.8 cm³/mol. The van der Waals surface area contributed by atoms with Gasteiger partial charge in [-0.25, -0.2) is 0 Å². The van der Waals surface area contributed by atoms with Crippen molar-refractivity contribution in [1.29, 1.82) is 0 Å². The van der Waals surface area contributed by atoms with E-state index < -0.39 is 29.5 Å². The van der Waals surface area contributed by atoms with Crippen LogP contribution in [0.2, 0.25) is 5.02 Å². The molecule has 2 aromatic carbocycles. The first-order chi connectivity index (χ1) is 13.6. The van der Waals surface area contributed by atoms with E-state index in [-0.39, 0.29) is 10.6 Å². The Morgan fingerprint density at radius 3 is 2.07 bits per heavy atom. The normalized spacial score (nSPS) is 17.8. The van der Waals surface area contributed by atoms with E-state index in [0.717, 1.165) is 37.2 Å². The standard InChI is InChI=1S/C20H19ClF6N2/c21-17-7-6-15(20(25,26)27)12-16(17)18(29-10-1-8-28-9-11-29)13-2-4-14(5-3-13)19(22,23)24/h2-7,12,18,28H,1,8-11H2. The average molecular weight is 437 g/mol. The largest absolute Gasteiger partial charge is 0.416 e. The zero-order chi connectivity index (χ0) is 21.2. The van der Waals surface area contributed by atoms with Crippen LogP contribution in [0.5, 0.6) is 0 Å². The highest BCUT2D eigenvalue weighted by atomic mass is 35.5. The maximum atomic E-state index is 13.3. The van der Waals surface area contributed by atoms with Gasteiger partial charge in [0.25, 0.3) is 0 Å². The molecular formula is C20H19ClF6N2. The lowest BCUT2D eigenvalue weighted by atomic mass is 9.94. The molecule has 9 heteroatoms. The minimum atomic E-state index is -4.55. The first-order valence-corrected chi connectivity index (χ1v) is 9.44. The summed E-state index contributed by atoms with van der Waals surface area (Å²) in [5.74, 6) is 0. The van der Waals surface area contributed by atoms with E-state index in [2.05, 4.69) is 5.32 Å². The molecular weight excluding hydrogens is 418 g/mol. The van der Waals surface area contributed by atoms with Gasteiger partial charge >= 0.3 is 12.4 Å². The van der Waals surface area contributed by atoms with Gasteiger partial charge in [-0.05, 0) is 54.4 Å². The lowest BCUT2D eigenvalue weighted by Gasteiger charge is -2.32. The molecule has 1 aliphatic rings. The number of nitrogens with one attached hydrogen (secondary N) is 1. The van der Waals surface area contributed by atoms with Crippen LogP contribution in [0.1, 0.15) is 34.7 Å². The molecule has 0 aromatic heterocycles. The molecule has 1 N–H and O–H groups in total. The van der Waals surface area contributed by atoms with Crippen LogP contribution in [0.4, 0.5) is 26.3 Å². The van der Waals surface area contributed by atoms with Gasteiger partial charge in [-0.1, -0.05) is 23.7 Å². The third-order valence-corrected chi connectivity index (χ3v) is 5.26. The third-order valence-electron chi connectivity index (χ3n) is 4.91.